The van der Waals surface area contributed by atoms with Crippen LogP contribution in [-0.2, 0) is 6.42 Å². The number of nitrogens with zero attached hydrogens (tertiary/aromatic N) is 1. The van der Waals surface area contributed by atoms with Gasteiger partial charge in [0.2, 0.25) is 0 Å². The lowest BCUT2D eigenvalue weighted by Crippen LogP contribution is -2.46. The molecule has 2 rings (SSSR count). The molecule has 3 atom stereocenters. The zero-order valence-electron chi connectivity index (χ0n) is 14.0. The van der Waals surface area contributed by atoms with Gasteiger partial charge in [0.25, 0.3) is 0 Å². The van der Waals surface area contributed by atoms with Crippen LogP contribution < -0.4 is 5.32 Å². The van der Waals surface area contributed by atoms with Gasteiger partial charge in [-0.2, -0.15) is 0 Å². The maximum absolute atomic E-state index is 13.5. The van der Waals surface area contributed by atoms with Gasteiger partial charge in [0.15, 0.2) is 0 Å². The van der Waals surface area contributed by atoms with E-state index >= 15 is 0 Å². The molecule has 0 saturated carbocycles. The summed E-state index contributed by atoms with van der Waals surface area (Å²) in [5.74, 6) is -0.130. The fraction of sp³-hybridized carbons (Fsp3) is 0.667. The molecule has 124 valence electrons. The van der Waals surface area contributed by atoms with Crippen molar-refractivity contribution < 1.29 is 9.50 Å². The van der Waals surface area contributed by atoms with Crippen molar-refractivity contribution in [3.63, 3.8) is 0 Å². The van der Waals surface area contributed by atoms with E-state index < -0.39 is 0 Å². The van der Waals surface area contributed by atoms with Gasteiger partial charge in [-0.25, -0.2) is 4.39 Å². The number of nitrogens with one attached hydrogen (secondary N) is 1. The first kappa shape index (κ1) is 17.4. The van der Waals surface area contributed by atoms with Gasteiger partial charge in [0.1, 0.15) is 5.82 Å². The first-order valence-corrected chi connectivity index (χ1v) is 8.45. The summed E-state index contributed by atoms with van der Waals surface area (Å²) in [6.07, 6.45) is 2.81. The molecule has 3 nitrogen and oxygen atoms in total. The summed E-state index contributed by atoms with van der Waals surface area (Å²) >= 11 is 0. The van der Waals surface area contributed by atoms with Gasteiger partial charge in [0, 0.05) is 31.7 Å². The van der Waals surface area contributed by atoms with E-state index in [4.69, 9.17) is 0 Å². The maximum atomic E-state index is 13.5. The SMILES string of the molecule is CCCC1c2ccc(F)cc2CCN1C(C)CNC[C@@H](C)O. The van der Waals surface area contributed by atoms with Crippen molar-refractivity contribution in [2.45, 2.75) is 58.2 Å². The van der Waals surface area contributed by atoms with Crippen LogP contribution in [-0.4, -0.2) is 41.8 Å². The lowest BCUT2D eigenvalue weighted by molar-refractivity contribution is 0.118. The third kappa shape index (κ3) is 4.28. The van der Waals surface area contributed by atoms with Crippen molar-refractivity contribution in [3.05, 3.63) is 35.1 Å². The van der Waals surface area contributed by atoms with Gasteiger partial charge in [0.05, 0.1) is 6.10 Å². The number of hydrogen-bond donors (Lipinski definition) is 2. The third-order valence-corrected chi connectivity index (χ3v) is 4.51. The molecule has 2 N–H and O–H groups in total. The van der Waals surface area contributed by atoms with Gasteiger partial charge in [-0.1, -0.05) is 19.4 Å². The van der Waals surface area contributed by atoms with Crippen LogP contribution in [0.15, 0.2) is 18.2 Å². The average molecular weight is 308 g/mol. The fourth-order valence-corrected chi connectivity index (χ4v) is 3.44. The van der Waals surface area contributed by atoms with Crippen LogP contribution in [0.1, 0.15) is 50.8 Å². The van der Waals surface area contributed by atoms with Gasteiger partial charge in [-0.3, -0.25) is 4.90 Å². The van der Waals surface area contributed by atoms with Crippen LogP contribution in [0.25, 0.3) is 0 Å². The van der Waals surface area contributed by atoms with Crippen molar-refractivity contribution in [1.82, 2.24) is 10.2 Å². The van der Waals surface area contributed by atoms with Crippen molar-refractivity contribution in [3.8, 4) is 0 Å². The molecule has 1 aromatic carbocycles. The molecule has 0 spiro atoms. The second kappa shape index (κ2) is 8.04. The van der Waals surface area contributed by atoms with E-state index in [-0.39, 0.29) is 11.9 Å². The van der Waals surface area contributed by atoms with Crippen LogP contribution in [0.4, 0.5) is 4.39 Å². The normalized spacial score (nSPS) is 21.4. The number of benzene rings is 1. The van der Waals surface area contributed by atoms with Crippen molar-refractivity contribution >= 4 is 0 Å². The molecular formula is C18H29FN2O. The summed E-state index contributed by atoms with van der Waals surface area (Å²) in [5, 5.41) is 12.7. The number of fused-ring (bicyclic) bond motifs is 1. The zero-order valence-corrected chi connectivity index (χ0v) is 14.0. The minimum Gasteiger partial charge on any atom is -0.392 e. The van der Waals surface area contributed by atoms with Crippen LogP contribution >= 0.6 is 0 Å². The molecular weight excluding hydrogens is 279 g/mol. The Bertz CT molecular complexity index is 478. The number of hydrogen-bond acceptors (Lipinski definition) is 3. The average Bonchev–Trinajstić information content (AvgIpc) is 2.46. The maximum Gasteiger partial charge on any atom is 0.123 e. The highest BCUT2D eigenvalue weighted by Crippen LogP contribution is 2.34. The Kier molecular flexibility index (Phi) is 6.36. The second-order valence-electron chi connectivity index (χ2n) is 6.49. The molecule has 1 aliphatic heterocycles. The van der Waals surface area contributed by atoms with E-state index in [2.05, 4.69) is 24.1 Å². The topological polar surface area (TPSA) is 35.5 Å². The summed E-state index contributed by atoms with van der Waals surface area (Å²) < 4.78 is 13.5. The van der Waals surface area contributed by atoms with Gasteiger partial charge < -0.3 is 10.4 Å². The molecule has 2 unspecified atom stereocenters. The van der Waals surface area contributed by atoms with E-state index in [1.165, 1.54) is 11.1 Å². The lowest BCUT2D eigenvalue weighted by Gasteiger charge is -2.41. The predicted octanol–water partition coefficient (Wildman–Crippen LogP) is 2.88. The molecule has 0 saturated heterocycles. The van der Waals surface area contributed by atoms with Crippen molar-refractivity contribution in [2.24, 2.45) is 0 Å². The Hall–Kier alpha value is -0.970. The Labute approximate surface area is 133 Å². The molecule has 22 heavy (non-hydrogen) atoms. The van der Waals surface area contributed by atoms with Crippen LogP contribution in [0.5, 0.6) is 0 Å². The number of aliphatic hydroxyl groups excluding tert-OH is 1. The molecule has 0 aliphatic carbocycles. The van der Waals surface area contributed by atoms with Crippen molar-refractivity contribution in [2.75, 3.05) is 19.6 Å². The molecule has 0 amide bonds. The quantitative estimate of drug-likeness (QED) is 0.813. The molecule has 0 radical (unpaired) electrons. The largest absolute Gasteiger partial charge is 0.392 e. The monoisotopic (exact) mass is 308 g/mol. The summed E-state index contributed by atoms with van der Waals surface area (Å²) in [5.41, 5.74) is 2.45. The number of aliphatic hydroxyl groups is 1. The van der Waals surface area contributed by atoms with E-state index in [9.17, 15) is 9.50 Å². The van der Waals surface area contributed by atoms with Gasteiger partial charge in [-0.05, 0) is 49.9 Å². The summed E-state index contributed by atoms with van der Waals surface area (Å²) in [6.45, 7) is 8.68. The first-order valence-electron chi connectivity index (χ1n) is 8.45. The molecule has 1 aliphatic rings. The summed E-state index contributed by atoms with van der Waals surface area (Å²) in [4.78, 5) is 2.53. The molecule has 1 aromatic rings. The summed E-state index contributed by atoms with van der Waals surface area (Å²) in [6, 6.07) is 6.02. The molecule has 0 aromatic heterocycles. The minimum atomic E-state index is -0.316. The predicted molar refractivity (Wildman–Crippen MR) is 88.5 cm³/mol. The van der Waals surface area contributed by atoms with E-state index in [0.717, 1.165) is 32.4 Å². The molecule has 4 heteroatoms. The molecule has 0 bridgehead atoms. The smallest absolute Gasteiger partial charge is 0.123 e. The number of halogens is 1. The summed E-state index contributed by atoms with van der Waals surface area (Å²) in [7, 11) is 0. The Balaban J connectivity index is 2.09. The minimum absolute atomic E-state index is 0.130. The highest BCUT2D eigenvalue weighted by molar-refractivity contribution is 5.33. The fourth-order valence-electron chi connectivity index (χ4n) is 3.44. The zero-order chi connectivity index (χ0) is 16.1. The molecule has 1 heterocycles. The highest BCUT2D eigenvalue weighted by atomic mass is 19.1. The number of rotatable bonds is 7. The Morgan fingerprint density at radius 3 is 2.82 bits per heavy atom. The van der Waals surface area contributed by atoms with Crippen molar-refractivity contribution in [1.29, 1.82) is 0 Å². The lowest BCUT2D eigenvalue weighted by atomic mass is 9.89. The third-order valence-electron chi connectivity index (χ3n) is 4.51. The first-order chi connectivity index (χ1) is 10.5. The van der Waals surface area contributed by atoms with Crippen LogP contribution in [0.3, 0.4) is 0 Å². The second-order valence-corrected chi connectivity index (χ2v) is 6.49. The standard InChI is InChI=1S/C18H29FN2O/c1-4-5-18-17-7-6-16(19)10-15(17)8-9-21(18)13(2)11-20-12-14(3)22/h6-7,10,13-14,18,20,22H,4-5,8-9,11-12H2,1-3H3/t13?,14-,18?/m1/s1. The van der Waals surface area contributed by atoms with Crippen LogP contribution in [0.2, 0.25) is 0 Å². The van der Waals surface area contributed by atoms with E-state index in [1.54, 1.807) is 19.1 Å². The van der Waals surface area contributed by atoms with E-state index in [0.29, 0.717) is 18.6 Å². The van der Waals surface area contributed by atoms with E-state index in [1.807, 2.05) is 6.07 Å². The Morgan fingerprint density at radius 2 is 2.14 bits per heavy atom. The van der Waals surface area contributed by atoms with Gasteiger partial charge in [-0.15, -0.1) is 0 Å². The van der Waals surface area contributed by atoms with Crippen LogP contribution in [0, 0.1) is 5.82 Å². The highest BCUT2D eigenvalue weighted by Gasteiger charge is 2.29. The van der Waals surface area contributed by atoms with Gasteiger partial charge >= 0.3 is 0 Å². The Morgan fingerprint density at radius 1 is 1.36 bits per heavy atom. The molecule has 0 fully saturated rings.